The van der Waals surface area contributed by atoms with Gasteiger partial charge in [-0.1, -0.05) is 7.43 Å². The molecule has 3 aliphatic heterocycles. The van der Waals surface area contributed by atoms with E-state index in [2.05, 4.69) is 85.4 Å². The van der Waals surface area contributed by atoms with Gasteiger partial charge in [-0.25, -0.2) is 0 Å². The molecule has 0 bridgehead atoms. The van der Waals surface area contributed by atoms with E-state index in [0.717, 1.165) is 51.9 Å². The van der Waals surface area contributed by atoms with Gasteiger partial charge in [0.25, 0.3) is 0 Å². The minimum atomic E-state index is 0. The summed E-state index contributed by atoms with van der Waals surface area (Å²) in [7, 11) is 16.8. The highest BCUT2D eigenvalue weighted by Crippen LogP contribution is 2.28. The Morgan fingerprint density at radius 2 is 0.930 bits per heavy atom. The predicted octanol–water partition coefficient (Wildman–Crippen LogP) is 0.543. The lowest BCUT2D eigenvalue weighted by Gasteiger charge is -2.43. The van der Waals surface area contributed by atoms with Crippen molar-refractivity contribution in [2.45, 2.75) is 111 Å². The molecular weight excluding hydrogens is 727 g/mol. The lowest BCUT2D eigenvalue weighted by atomic mass is 9.87. The molecule has 3 aliphatic rings. The number of ether oxygens (including phenoxy) is 1. The third kappa shape index (κ3) is 21.9. The van der Waals surface area contributed by atoms with Crippen molar-refractivity contribution >= 4 is 23.6 Å². The molecule has 0 saturated carbocycles. The lowest BCUT2D eigenvalue weighted by Crippen LogP contribution is -2.58. The molecule has 0 spiro atoms. The van der Waals surface area contributed by atoms with Crippen LogP contribution < -0.4 is 31.9 Å². The fraction of sp³-hybridized carbons (Fsp3) is 0.902. The van der Waals surface area contributed by atoms with Gasteiger partial charge in [0.2, 0.25) is 23.6 Å². The van der Waals surface area contributed by atoms with E-state index in [1.807, 2.05) is 61.9 Å². The van der Waals surface area contributed by atoms with Crippen LogP contribution in [0.25, 0.3) is 0 Å². The van der Waals surface area contributed by atoms with Crippen molar-refractivity contribution in [1.29, 1.82) is 0 Å². The summed E-state index contributed by atoms with van der Waals surface area (Å²) in [5, 5.41) is 17.5. The van der Waals surface area contributed by atoms with Gasteiger partial charge in [0.15, 0.2) is 0 Å². The molecule has 3 heterocycles. The fourth-order valence-corrected chi connectivity index (χ4v) is 8.53. The first-order valence-corrected chi connectivity index (χ1v) is 20.7. The molecule has 4 amide bonds. The number of methoxy groups -OCH3 is 1. The van der Waals surface area contributed by atoms with Gasteiger partial charge in [-0.05, 0) is 142 Å². The zero-order valence-corrected chi connectivity index (χ0v) is 38.1. The van der Waals surface area contributed by atoms with Gasteiger partial charge >= 0.3 is 0 Å². The number of nitrogens with one attached hydrogen (secondary N) is 6. The smallest absolute Gasteiger partial charge is 0.237 e. The Balaban J connectivity index is 0. The second-order valence-corrected chi connectivity index (χ2v) is 16.4. The standard InChI is InChI=1S/C12H25N3O.C12H24N2O2.C10H21N3O.C6H15N3O.CH4/c1-9-5-11(7-13-3)6-10(2)15(9)12(16)8-14-4;1-9-5-11(8-16-4)6-10(2)14(9)12(15)7-13-3;1-8-6-12(4)7-9(2)13(8)10(14)5-11-3;1-7-4-6(10)8-5-9(2)3;/h9-11,13-14H,5-8H2,1-4H3;9-11,13H,5-8H2,1-4H3;8-9,11H,5-7H2,1-4H3;7H,4-5H2,1-3H3,(H,8,10);1H4. The number of piperazine rings is 1. The normalized spacial score (nSPS) is 26.1. The third-order valence-electron chi connectivity index (χ3n) is 10.4. The average molecular weight is 816 g/mol. The SMILES string of the molecule is C.CNCC(=O)N1C(C)CC(CNC)CC1C.CNCC(=O)N1C(C)CC(COC)CC1C.CNCC(=O)N1C(C)CN(C)CC1C.CNCC(=O)NCN(C)C. The van der Waals surface area contributed by atoms with Crippen LogP contribution >= 0.6 is 0 Å². The number of nitrogens with zero attached hydrogens (tertiary/aromatic N) is 5. The van der Waals surface area contributed by atoms with Crippen LogP contribution in [0.2, 0.25) is 0 Å². The Labute approximate surface area is 348 Å². The van der Waals surface area contributed by atoms with E-state index in [4.69, 9.17) is 4.74 Å². The molecule has 3 saturated heterocycles. The van der Waals surface area contributed by atoms with Crippen LogP contribution in [0, 0.1) is 11.8 Å². The van der Waals surface area contributed by atoms with Gasteiger partial charge in [0.05, 0.1) is 32.8 Å². The van der Waals surface area contributed by atoms with E-state index in [1.165, 1.54) is 0 Å². The van der Waals surface area contributed by atoms with E-state index in [1.54, 1.807) is 14.2 Å². The number of likely N-dealkylation sites (N-methyl/N-ethyl adjacent to an activating group) is 5. The van der Waals surface area contributed by atoms with Gasteiger partial charge in [-0.2, -0.15) is 0 Å². The fourth-order valence-electron chi connectivity index (χ4n) is 8.53. The van der Waals surface area contributed by atoms with E-state index >= 15 is 0 Å². The summed E-state index contributed by atoms with van der Waals surface area (Å²) < 4.78 is 5.21. The molecule has 57 heavy (non-hydrogen) atoms. The third-order valence-corrected chi connectivity index (χ3v) is 10.4. The summed E-state index contributed by atoms with van der Waals surface area (Å²) >= 11 is 0. The zero-order chi connectivity index (χ0) is 43.0. The zero-order valence-electron chi connectivity index (χ0n) is 38.1. The van der Waals surface area contributed by atoms with Crippen molar-refractivity contribution in [1.82, 2.24) is 56.4 Å². The van der Waals surface area contributed by atoms with Crippen molar-refractivity contribution in [2.24, 2.45) is 11.8 Å². The summed E-state index contributed by atoms with van der Waals surface area (Å²) in [6.45, 7) is 18.9. The molecule has 6 unspecified atom stereocenters. The Bertz CT molecular complexity index is 1020. The minimum absolute atomic E-state index is 0. The Kier molecular flexibility index (Phi) is 31.3. The van der Waals surface area contributed by atoms with Crippen LogP contribution in [0.15, 0.2) is 0 Å². The van der Waals surface area contributed by atoms with Crippen molar-refractivity contribution in [2.75, 3.05) is 123 Å². The van der Waals surface area contributed by atoms with Crippen molar-refractivity contribution < 1.29 is 23.9 Å². The van der Waals surface area contributed by atoms with Gasteiger partial charge in [-0.15, -0.1) is 0 Å². The number of hydrogen-bond acceptors (Lipinski definition) is 12. The summed E-state index contributed by atoms with van der Waals surface area (Å²) in [5.41, 5.74) is 0. The molecule has 338 valence electrons. The second-order valence-electron chi connectivity index (χ2n) is 16.4. The van der Waals surface area contributed by atoms with Gasteiger partial charge in [-0.3, -0.25) is 24.1 Å². The number of carbonyl (C=O) groups excluding carboxylic acids is 4. The second kappa shape index (κ2) is 31.5. The maximum Gasteiger partial charge on any atom is 0.237 e. The summed E-state index contributed by atoms with van der Waals surface area (Å²) in [6, 6.07) is 2.02. The highest BCUT2D eigenvalue weighted by molar-refractivity contribution is 5.80. The highest BCUT2D eigenvalue weighted by atomic mass is 16.5. The topological polar surface area (TPSA) is 166 Å². The Morgan fingerprint density at radius 3 is 1.25 bits per heavy atom. The molecule has 0 aliphatic carbocycles. The van der Waals surface area contributed by atoms with Crippen LogP contribution in [-0.2, 0) is 23.9 Å². The predicted molar refractivity (Wildman–Crippen MR) is 235 cm³/mol. The molecule has 6 N–H and O–H groups in total. The van der Waals surface area contributed by atoms with Crippen LogP contribution in [0.1, 0.15) is 74.7 Å². The number of amides is 4. The van der Waals surface area contributed by atoms with Crippen molar-refractivity contribution in [3.63, 3.8) is 0 Å². The summed E-state index contributed by atoms with van der Waals surface area (Å²) in [4.78, 5) is 56.6. The molecule has 0 aromatic rings. The number of piperidine rings is 2. The first-order valence-electron chi connectivity index (χ1n) is 20.7. The lowest BCUT2D eigenvalue weighted by molar-refractivity contribution is -0.138. The Morgan fingerprint density at radius 1 is 0.579 bits per heavy atom. The van der Waals surface area contributed by atoms with E-state index in [9.17, 15) is 19.2 Å². The van der Waals surface area contributed by atoms with Gasteiger partial charge in [0, 0.05) is 63.1 Å². The molecule has 16 heteroatoms. The summed E-state index contributed by atoms with van der Waals surface area (Å²) in [5.74, 6) is 1.96. The van der Waals surface area contributed by atoms with E-state index < -0.39 is 0 Å². The number of hydrogen-bond donors (Lipinski definition) is 6. The highest BCUT2D eigenvalue weighted by Gasteiger charge is 2.34. The van der Waals surface area contributed by atoms with Crippen LogP contribution in [-0.4, -0.2) is 207 Å². The Hall–Kier alpha value is -2.44. The van der Waals surface area contributed by atoms with Crippen LogP contribution in [0.5, 0.6) is 0 Å². The number of rotatable bonds is 14. The maximum atomic E-state index is 11.9. The van der Waals surface area contributed by atoms with Crippen molar-refractivity contribution in [3.8, 4) is 0 Å². The molecule has 6 atom stereocenters. The van der Waals surface area contributed by atoms with Gasteiger partial charge < -0.3 is 56.2 Å². The first-order chi connectivity index (χ1) is 26.4. The molecule has 0 radical (unpaired) electrons. The molecule has 16 nitrogen and oxygen atoms in total. The minimum Gasteiger partial charge on any atom is -0.384 e. The quantitative estimate of drug-likeness (QED) is 0.135. The first kappa shape index (κ1) is 56.7. The molecule has 3 fully saturated rings. The molecule has 0 aromatic heterocycles. The number of carbonyl (C=O) groups is 4. The maximum absolute atomic E-state index is 11.9. The van der Waals surface area contributed by atoms with Crippen LogP contribution in [0.4, 0.5) is 0 Å². The van der Waals surface area contributed by atoms with Crippen LogP contribution in [0.3, 0.4) is 0 Å². The largest absolute Gasteiger partial charge is 0.384 e. The number of likely N-dealkylation sites (tertiary alicyclic amines) is 2. The molecular formula is C41H89N11O5. The molecule has 3 rings (SSSR count). The van der Waals surface area contributed by atoms with Gasteiger partial charge in [0.1, 0.15) is 0 Å². The van der Waals surface area contributed by atoms with E-state index in [-0.39, 0.29) is 31.1 Å². The van der Waals surface area contributed by atoms with E-state index in [0.29, 0.717) is 80.9 Å². The monoisotopic (exact) mass is 816 g/mol. The molecule has 0 aromatic carbocycles. The van der Waals surface area contributed by atoms with Crippen molar-refractivity contribution in [3.05, 3.63) is 0 Å². The average Bonchev–Trinajstić information content (AvgIpc) is 3.08. The summed E-state index contributed by atoms with van der Waals surface area (Å²) in [6.07, 6.45) is 4.32.